The number of esters is 1. The molecule has 0 saturated carbocycles. The lowest BCUT2D eigenvalue weighted by Crippen LogP contribution is -2.10. The summed E-state index contributed by atoms with van der Waals surface area (Å²) in [5, 5.41) is 0. The van der Waals surface area contributed by atoms with Gasteiger partial charge < -0.3 is 9.47 Å². The maximum absolute atomic E-state index is 13.6. The van der Waals surface area contributed by atoms with Crippen LogP contribution in [0.1, 0.15) is 25.6 Å². The van der Waals surface area contributed by atoms with E-state index in [1.807, 2.05) is 13.8 Å². The average Bonchev–Trinajstić information content (AvgIpc) is 2.29. The standard InChI is InChI=1S/C12H14BrFO3/c1-7(2)17-10-5-4-8(6-9(10)13)11(14)12(15)16-3/h4-7,11H,1-3H3. The van der Waals surface area contributed by atoms with Crippen molar-refractivity contribution in [3.05, 3.63) is 28.2 Å². The summed E-state index contributed by atoms with van der Waals surface area (Å²) in [6.45, 7) is 3.79. The van der Waals surface area contributed by atoms with Crippen LogP contribution in [0.25, 0.3) is 0 Å². The molecule has 5 heteroatoms. The van der Waals surface area contributed by atoms with Gasteiger partial charge in [0.2, 0.25) is 6.17 Å². The van der Waals surface area contributed by atoms with E-state index in [4.69, 9.17) is 4.74 Å². The molecule has 0 fully saturated rings. The van der Waals surface area contributed by atoms with Crippen molar-refractivity contribution in [1.82, 2.24) is 0 Å². The third kappa shape index (κ3) is 3.70. The first-order valence-corrected chi connectivity index (χ1v) is 5.93. The van der Waals surface area contributed by atoms with Crippen molar-refractivity contribution in [2.75, 3.05) is 7.11 Å². The molecule has 94 valence electrons. The fourth-order valence-corrected chi connectivity index (χ4v) is 1.75. The van der Waals surface area contributed by atoms with E-state index in [1.165, 1.54) is 12.1 Å². The Labute approximate surface area is 108 Å². The molecule has 0 aliphatic heterocycles. The van der Waals surface area contributed by atoms with Crippen LogP contribution in [0.2, 0.25) is 0 Å². The van der Waals surface area contributed by atoms with Crippen molar-refractivity contribution < 1.29 is 18.7 Å². The SMILES string of the molecule is COC(=O)C(F)c1ccc(OC(C)C)c(Br)c1. The van der Waals surface area contributed by atoms with Crippen LogP contribution in [-0.4, -0.2) is 19.2 Å². The molecular formula is C12H14BrFO3. The highest BCUT2D eigenvalue weighted by atomic mass is 79.9. The first-order valence-electron chi connectivity index (χ1n) is 5.13. The van der Waals surface area contributed by atoms with Gasteiger partial charge in [0.15, 0.2) is 0 Å². The largest absolute Gasteiger partial charge is 0.490 e. The van der Waals surface area contributed by atoms with Gasteiger partial charge >= 0.3 is 5.97 Å². The third-order valence-electron chi connectivity index (χ3n) is 2.02. The number of carbonyl (C=O) groups excluding carboxylic acids is 1. The van der Waals surface area contributed by atoms with Gasteiger partial charge in [-0.1, -0.05) is 6.07 Å². The van der Waals surface area contributed by atoms with Crippen molar-refractivity contribution in [2.24, 2.45) is 0 Å². The molecule has 1 aromatic rings. The zero-order valence-electron chi connectivity index (χ0n) is 9.87. The number of hydrogen-bond acceptors (Lipinski definition) is 3. The highest BCUT2D eigenvalue weighted by Gasteiger charge is 2.21. The molecule has 0 saturated heterocycles. The molecule has 3 nitrogen and oxygen atoms in total. The Bertz CT molecular complexity index is 407. The Hall–Kier alpha value is -1.10. The van der Waals surface area contributed by atoms with Crippen molar-refractivity contribution >= 4 is 21.9 Å². The minimum Gasteiger partial charge on any atom is -0.490 e. The summed E-state index contributed by atoms with van der Waals surface area (Å²) in [6.07, 6.45) is -1.75. The van der Waals surface area contributed by atoms with Crippen LogP contribution in [0.5, 0.6) is 5.75 Å². The van der Waals surface area contributed by atoms with Crippen LogP contribution in [0.3, 0.4) is 0 Å². The molecule has 0 aliphatic rings. The van der Waals surface area contributed by atoms with Gasteiger partial charge in [-0.25, -0.2) is 9.18 Å². The molecular weight excluding hydrogens is 291 g/mol. The van der Waals surface area contributed by atoms with Crippen LogP contribution in [0, 0.1) is 0 Å². The second-order valence-corrected chi connectivity index (χ2v) is 4.60. The van der Waals surface area contributed by atoms with Crippen LogP contribution >= 0.6 is 15.9 Å². The number of hydrogen-bond donors (Lipinski definition) is 0. The summed E-state index contributed by atoms with van der Waals surface area (Å²) in [5.41, 5.74) is 0.236. The maximum Gasteiger partial charge on any atom is 0.345 e. The normalized spacial score (nSPS) is 12.4. The zero-order valence-corrected chi connectivity index (χ0v) is 11.5. The van der Waals surface area contributed by atoms with Crippen molar-refractivity contribution in [1.29, 1.82) is 0 Å². The lowest BCUT2D eigenvalue weighted by Gasteiger charge is -2.13. The molecule has 0 aliphatic carbocycles. The number of benzene rings is 1. The molecule has 1 unspecified atom stereocenters. The minimum atomic E-state index is -1.77. The molecule has 0 spiro atoms. The maximum atomic E-state index is 13.6. The van der Waals surface area contributed by atoms with E-state index >= 15 is 0 Å². The molecule has 1 rings (SSSR count). The Morgan fingerprint density at radius 3 is 2.53 bits per heavy atom. The Balaban J connectivity index is 2.92. The number of methoxy groups -OCH3 is 1. The highest BCUT2D eigenvalue weighted by Crippen LogP contribution is 2.30. The summed E-state index contributed by atoms with van der Waals surface area (Å²) < 4.78 is 24.0. The molecule has 0 heterocycles. The predicted molar refractivity (Wildman–Crippen MR) is 65.8 cm³/mol. The number of carbonyl (C=O) groups is 1. The number of rotatable bonds is 4. The number of alkyl halides is 1. The van der Waals surface area contributed by atoms with E-state index in [9.17, 15) is 9.18 Å². The van der Waals surface area contributed by atoms with Crippen LogP contribution < -0.4 is 4.74 Å². The fourth-order valence-electron chi connectivity index (χ4n) is 1.26. The van der Waals surface area contributed by atoms with E-state index in [1.54, 1.807) is 6.07 Å². The Kier molecular flexibility index (Phi) is 4.93. The van der Waals surface area contributed by atoms with Gasteiger partial charge in [-0.05, 0) is 47.5 Å². The first kappa shape index (κ1) is 14.0. The summed E-state index contributed by atoms with van der Waals surface area (Å²) in [4.78, 5) is 11.0. The van der Waals surface area contributed by atoms with Gasteiger partial charge in [-0.2, -0.15) is 0 Å². The molecule has 0 amide bonds. The molecule has 1 atom stereocenters. The van der Waals surface area contributed by atoms with Gasteiger partial charge in [-0.15, -0.1) is 0 Å². The molecule has 17 heavy (non-hydrogen) atoms. The average molecular weight is 305 g/mol. The second-order valence-electron chi connectivity index (χ2n) is 3.74. The van der Waals surface area contributed by atoms with Crippen molar-refractivity contribution in [2.45, 2.75) is 26.1 Å². The van der Waals surface area contributed by atoms with E-state index in [2.05, 4.69) is 20.7 Å². The summed E-state index contributed by atoms with van der Waals surface area (Å²) in [7, 11) is 1.15. The van der Waals surface area contributed by atoms with E-state index < -0.39 is 12.1 Å². The lowest BCUT2D eigenvalue weighted by molar-refractivity contribution is -0.146. The summed E-state index contributed by atoms with van der Waals surface area (Å²) >= 11 is 3.27. The van der Waals surface area contributed by atoms with Crippen molar-refractivity contribution in [3.63, 3.8) is 0 Å². The second kappa shape index (κ2) is 6.00. The topological polar surface area (TPSA) is 35.5 Å². The van der Waals surface area contributed by atoms with Gasteiger partial charge in [-0.3, -0.25) is 0 Å². The van der Waals surface area contributed by atoms with E-state index in [0.29, 0.717) is 10.2 Å². The quantitative estimate of drug-likeness (QED) is 0.800. The Morgan fingerprint density at radius 1 is 1.41 bits per heavy atom. The van der Waals surface area contributed by atoms with E-state index in [-0.39, 0.29) is 11.7 Å². The fraction of sp³-hybridized carbons (Fsp3) is 0.417. The Morgan fingerprint density at radius 2 is 2.06 bits per heavy atom. The van der Waals surface area contributed by atoms with Gasteiger partial charge in [0.05, 0.1) is 17.7 Å². The molecule has 0 radical (unpaired) electrons. The van der Waals surface area contributed by atoms with Crippen molar-refractivity contribution in [3.8, 4) is 5.75 Å². The number of halogens is 2. The van der Waals surface area contributed by atoms with Gasteiger partial charge in [0, 0.05) is 0 Å². The van der Waals surface area contributed by atoms with Gasteiger partial charge in [0.1, 0.15) is 5.75 Å². The summed E-state index contributed by atoms with van der Waals surface area (Å²) in [5.74, 6) is -0.296. The predicted octanol–water partition coefficient (Wildman–Crippen LogP) is 3.42. The van der Waals surface area contributed by atoms with Gasteiger partial charge in [0.25, 0.3) is 0 Å². The smallest absolute Gasteiger partial charge is 0.345 e. The van der Waals surface area contributed by atoms with Crippen LogP contribution in [0.15, 0.2) is 22.7 Å². The minimum absolute atomic E-state index is 0.0268. The molecule has 0 aromatic heterocycles. The molecule has 1 aromatic carbocycles. The monoisotopic (exact) mass is 304 g/mol. The van der Waals surface area contributed by atoms with Crippen LogP contribution in [-0.2, 0) is 9.53 Å². The first-order chi connectivity index (χ1) is 7.95. The lowest BCUT2D eigenvalue weighted by atomic mass is 10.1. The van der Waals surface area contributed by atoms with E-state index in [0.717, 1.165) is 7.11 Å². The molecule has 0 N–H and O–H groups in total. The zero-order chi connectivity index (χ0) is 13.0. The molecule has 0 bridgehead atoms. The summed E-state index contributed by atoms with van der Waals surface area (Å²) in [6, 6.07) is 4.64. The van der Waals surface area contributed by atoms with Crippen LogP contribution in [0.4, 0.5) is 4.39 Å². The highest BCUT2D eigenvalue weighted by molar-refractivity contribution is 9.10. The third-order valence-corrected chi connectivity index (χ3v) is 2.64. The number of ether oxygens (including phenoxy) is 2.